The van der Waals surface area contributed by atoms with Gasteiger partial charge in [0.15, 0.2) is 23.1 Å². The first-order valence-corrected chi connectivity index (χ1v) is 7.64. The smallest absolute Gasteiger partial charge is 0.309 e. The summed E-state index contributed by atoms with van der Waals surface area (Å²) >= 11 is 0. The number of urea groups is 1. The van der Waals surface area contributed by atoms with Gasteiger partial charge < -0.3 is 31.4 Å². The van der Waals surface area contributed by atoms with E-state index in [1.165, 1.54) is 12.1 Å². The Hall–Kier alpha value is -3.75. The summed E-state index contributed by atoms with van der Waals surface area (Å²) in [6, 6.07) is 8.57. The number of carbonyl (C=O) groups is 1. The minimum absolute atomic E-state index is 0.0847. The Morgan fingerprint density at radius 2 is 1.59 bits per heavy atom. The highest BCUT2D eigenvalue weighted by Crippen LogP contribution is 2.37. The third kappa shape index (κ3) is 4.88. The molecule has 0 fully saturated rings. The van der Waals surface area contributed by atoms with Gasteiger partial charge in [0.1, 0.15) is 5.75 Å². The molecule has 0 aliphatic heterocycles. The van der Waals surface area contributed by atoms with Crippen LogP contribution in [0.4, 0.5) is 14.9 Å². The number of hydrogen-bond acceptors (Lipinski definition) is 6. The predicted molar refractivity (Wildman–Crippen MR) is 99.5 cm³/mol. The number of ether oxygens (including phenoxy) is 3. The molecular weight excluding hydrogens is 355 g/mol. The first-order valence-electron chi connectivity index (χ1n) is 7.64. The number of nitrogens with two attached hydrogens (primary N) is 3. The average Bonchev–Trinajstić information content (AvgIpc) is 2.62. The summed E-state index contributed by atoms with van der Waals surface area (Å²) < 4.78 is 30.2. The Morgan fingerprint density at radius 1 is 0.963 bits per heavy atom. The lowest BCUT2D eigenvalue weighted by Gasteiger charge is -2.12. The van der Waals surface area contributed by atoms with E-state index in [2.05, 4.69) is 16.5 Å². The first-order chi connectivity index (χ1) is 12.8. The van der Waals surface area contributed by atoms with Gasteiger partial charge in [0.05, 0.1) is 19.7 Å². The highest BCUT2D eigenvalue weighted by Gasteiger charge is 2.12. The van der Waals surface area contributed by atoms with E-state index in [9.17, 15) is 4.39 Å². The second-order valence-electron chi connectivity index (χ2n) is 5.23. The molecule has 2 amide bonds. The Kier molecular flexibility index (Phi) is 6.21. The molecule has 0 bridgehead atoms. The molecule has 0 aliphatic rings. The number of hydrogen-bond donors (Lipinski definition) is 3. The summed E-state index contributed by atoms with van der Waals surface area (Å²) in [5.74, 6) is 1.11. The number of carbonyl (C=O) groups excluding carboxylic acids is 1. The monoisotopic (exact) mass is 374 g/mol. The first kappa shape index (κ1) is 19.6. The van der Waals surface area contributed by atoms with Gasteiger partial charge >= 0.3 is 6.03 Å². The van der Waals surface area contributed by atoms with Crippen LogP contribution in [0, 0.1) is 5.82 Å². The maximum atomic E-state index is 13.9. The van der Waals surface area contributed by atoms with Crippen molar-refractivity contribution in [3.63, 3.8) is 0 Å². The Morgan fingerprint density at radius 3 is 2.19 bits per heavy atom. The van der Waals surface area contributed by atoms with E-state index in [0.717, 1.165) is 0 Å². The molecule has 0 spiro atoms. The number of fused-ring (bicyclic) bond motifs is 1. The SMILES string of the molecule is COc1cc2nccc(Oc3ccc(N)cc3F)c2cc1OC.NC(N)=O. The molecule has 27 heavy (non-hydrogen) atoms. The van der Waals surface area contributed by atoms with E-state index >= 15 is 0 Å². The number of nitrogens with zero attached hydrogens (tertiary/aromatic N) is 1. The van der Waals surface area contributed by atoms with Crippen LogP contribution in [0.3, 0.4) is 0 Å². The number of halogens is 1. The highest BCUT2D eigenvalue weighted by atomic mass is 19.1. The summed E-state index contributed by atoms with van der Waals surface area (Å²) in [4.78, 5) is 13.3. The highest BCUT2D eigenvalue weighted by molar-refractivity contribution is 5.88. The number of aromatic nitrogens is 1. The van der Waals surface area contributed by atoms with E-state index in [-0.39, 0.29) is 5.75 Å². The molecule has 142 valence electrons. The van der Waals surface area contributed by atoms with Gasteiger partial charge in [-0.2, -0.15) is 0 Å². The summed E-state index contributed by atoms with van der Waals surface area (Å²) in [7, 11) is 3.09. The van der Waals surface area contributed by atoms with Crippen LogP contribution in [0.25, 0.3) is 10.9 Å². The average molecular weight is 374 g/mol. The molecule has 3 aromatic rings. The van der Waals surface area contributed by atoms with E-state index in [1.54, 1.807) is 44.7 Å². The zero-order valence-electron chi connectivity index (χ0n) is 14.7. The number of methoxy groups -OCH3 is 2. The lowest BCUT2D eigenvalue weighted by Crippen LogP contribution is -2.18. The predicted octanol–water partition coefficient (Wildman–Crippen LogP) is 2.79. The molecule has 0 atom stereocenters. The van der Waals surface area contributed by atoms with Crippen LogP contribution < -0.4 is 31.4 Å². The number of anilines is 1. The third-order valence-corrected chi connectivity index (χ3v) is 3.38. The van der Waals surface area contributed by atoms with E-state index in [0.29, 0.717) is 33.8 Å². The third-order valence-electron chi connectivity index (χ3n) is 3.38. The van der Waals surface area contributed by atoms with Gasteiger partial charge in [0, 0.05) is 29.4 Å². The van der Waals surface area contributed by atoms with Gasteiger partial charge in [0.25, 0.3) is 0 Å². The van der Waals surface area contributed by atoms with Gasteiger partial charge in [-0.15, -0.1) is 0 Å². The second kappa shape index (κ2) is 8.56. The van der Waals surface area contributed by atoms with E-state index in [1.807, 2.05) is 0 Å². The Bertz CT molecular complexity index is 961. The van der Waals surface area contributed by atoms with Crippen molar-refractivity contribution in [2.75, 3.05) is 20.0 Å². The number of nitrogen functional groups attached to an aromatic ring is 1. The van der Waals surface area contributed by atoms with Gasteiger partial charge in [-0.3, -0.25) is 4.98 Å². The van der Waals surface area contributed by atoms with Crippen molar-refractivity contribution in [2.45, 2.75) is 0 Å². The van der Waals surface area contributed by atoms with Crippen LogP contribution in [-0.4, -0.2) is 25.2 Å². The van der Waals surface area contributed by atoms with Crippen molar-refractivity contribution in [2.24, 2.45) is 11.5 Å². The number of pyridine rings is 1. The van der Waals surface area contributed by atoms with Crippen molar-refractivity contribution >= 4 is 22.6 Å². The number of amides is 2. The van der Waals surface area contributed by atoms with Crippen molar-refractivity contribution in [3.05, 3.63) is 48.4 Å². The van der Waals surface area contributed by atoms with E-state index < -0.39 is 11.8 Å². The topological polar surface area (TPSA) is 136 Å². The Balaban J connectivity index is 0.000000596. The molecule has 2 aromatic carbocycles. The molecule has 9 heteroatoms. The van der Waals surface area contributed by atoms with Crippen molar-refractivity contribution in [1.82, 2.24) is 4.98 Å². The molecule has 6 N–H and O–H groups in total. The summed E-state index contributed by atoms with van der Waals surface area (Å²) in [6.45, 7) is 0. The van der Waals surface area contributed by atoms with Crippen molar-refractivity contribution in [1.29, 1.82) is 0 Å². The fourth-order valence-electron chi connectivity index (χ4n) is 2.25. The molecule has 1 aromatic heterocycles. The maximum Gasteiger partial charge on any atom is 0.309 e. The molecule has 0 unspecified atom stereocenters. The Labute approximate surface area is 154 Å². The molecule has 0 radical (unpaired) electrons. The molecule has 0 saturated heterocycles. The van der Waals surface area contributed by atoms with Crippen LogP contribution in [0.5, 0.6) is 23.0 Å². The number of benzene rings is 2. The molecule has 8 nitrogen and oxygen atoms in total. The zero-order valence-corrected chi connectivity index (χ0v) is 14.7. The molecule has 0 aliphatic carbocycles. The largest absolute Gasteiger partial charge is 0.493 e. The van der Waals surface area contributed by atoms with Crippen LogP contribution in [-0.2, 0) is 0 Å². The molecule has 1 heterocycles. The zero-order chi connectivity index (χ0) is 20.0. The van der Waals surface area contributed by atoms with Crippen LogP contribution in [0.1, 0.15) is 0 Å². The minimum atomic E-state index is -0.833. The van der Waals surface area contributed by atoms with Crippen LogP contribution >= 0.6 is 0 Å². The van der Waals surface area contributed by atoms with Crippen LogP contribution in [0.2, 0.25) is 0 Å². The fraction of sp³-hybridized carbons (Fsp3) is 0.111. The number of primary amides is 2. The summed E-state index contributed by atoms with van der Waals surface area (Å²) in [6.07, 6.45) is 1.58. The molecular formula is C18H19FN4O4. The number of rotatable bonds is 4. The van der Waals surface area contributed by atoms with Crippen molar-refractivity contribution in [3.8, 4) is 23.0 Å². The van der Waals surface area contributed by atoms with Crippen molar-refractivity contribution < 1.29 is 23.4 Å². The lowest BCUT2D eigenvalue weighted by atomic mass is 10.2. The van der Waals surface area contributed by atoms with Gasteiger partial charge in [0.2, 0.25) is 0 Å². The fourth-order valence-corrected chi connectivity index (χ4v) is 2.25. The minimum Gasteiger partial charge on any atom is -0.493 e. The normalized spacial score (nSPS) is 9.89. The lowest BCUT2D eigenvalue weighted by molar-refractivity contribution is 0.256. The van der Waals surface area contributed by atoms with Gasteiger partial charge in [-0.05, 0) is 24.3 Å². The quantitative estimate of drug-likeness (QED) is 0.601. The van der Waals surface area contributed by atoms with Crippen LogP contribution in [0.15, 0.2) is 42.6 Å². The van der Waals surface area contributed by atoms with Gasteiger partial charge in [-0.25, -0.2) is 9.18 Å². The summed E-state index contributed by atoms with van der Waals surface area (Å²) in [5, 5.41) is 0.682. The summed E-state index contributed by atoms with van der Waals surface area (Å²) in [5.41, 5.74) is 15.0. The van der Waals surface area contributed by atoms with Gasteiger partial charge in [-0.1, -0.05) is 0 Å². The standard InChI is InChI=1S/C17H15FN2O3.CH4N2O/c1-21-16-8-11-13(9-17(16)22-2)20-6-5-14(11)23-15-4-3-10(19)7-12(15)18;2-1(3)4/h3-9H,19H2,1-2H3;(H4,2,3,4). The second-order valence-corrected chi connectivity index (χ2v) is 5.23. The molecule has 0 saturated carbocycles. The maximum absolute atomic E-state index is 13.9. The molecule has 3 rings (SSSR count). The van der Waals surface area contributed by atoms with E-state index in [4.69, 9.17) is 24.7 Å².